The minimum absolute atomic E-state index is 0.223. The molecule has 0 fully saturated rings. The summed E-state index contributed by atoms with van der Waals surface area (Å²) in [6.07, 6.45) is 1.48. The smallest absolute Gasteiger partial charge is 0.250 e. The Kier molecular flexibility index (Phi) is 6.95. The number of thiazole rings is 1. The number of hydrogen-bond acceptors (Lipinski definition) is 6. The average molecular weight is 440 g/mol. The third kappa shape index (κ3) is 5.35. The highest BCUT2D eigenvalue weighted by atomic mass is 35.5. The molecule has 1 aromatic heterocycles. The minimum Gasteiger partial charge on any atom is -0.491 e. The van der Waals surface area contributed by atoms with Crippen molar-refractivity contribution in [1.82, 2.24) is 10.4 Å². The van der Waals surface area contributed by atoms with E-state index in [9.17, 15) is 4.79 Å². The van der Waals surface area contributed by atoms with Gasteiger partial charge in [0, 0.05) is 0 Å². The third-order valence-electron chi connectivity index (χ3n) is 3.31. The maximum Gasteiger partial charge on any atom is 0.250 e. The first-order valence-electron chi connectivity index (χ1n) is 7.99. The van der Waals surface area contributed by atoms with Crippen molar-refractivity contribution in [2.45, 2.75) is 11.3 Å². The van der Waals surface area contributed by atoms with E-state index in [1.807, 2.05) is 31.2 Å². The molecule has 0 atom stereocenters. The fourth-order valence-electron chi connectivity index (χ4n) is 2.19. The van der Waals surface area contributed by atoms with Crippen molar-refractivity contribution in [3.63, 3.8) is 0 Å². The van der Waals surface area contributed by atoms with Crippen molar-refractivity contribution in [3.05, 3.63) is 52.0 Å². The lowest BCUT2D eigenvalue weighted by molar-refractivity contribution is -0.118. The third-order valence-corrected chi connectivity index (χ3v) is 6.05. The van der Waals surface area contributed by atoms with Crippen LogP contribution >= 0.6 is 46.3 Å². The molecule has 27 heavy (non-hydrogen) atoms. The Bertz CT molecular complexity index is 936. The first-order valence-corrected chi connectivity index (χ1v) is 10.5. The Morgan fingerprint density at radius 2 is 2.07 bits per heavy atom. The molecule has 0 bridgehead atoms. The fourth-order valence-corrected chi connectivity index (χ4v) is 4.66. The summed E-state index contributed by atoms with van der Waals surface area (Å²) in [7, 11) is 0. The van der Waals surface area contributed by atoms with Gasteiger partial charge in [0.05, 0.1) is 38.8 Å². The molecule has 3 aromatic rings. The van der Waals surface area contributed by atoms with E-state index in [0.29, 0.717) is 28.0 Å². The molecule has 0 spiro atoms. The summed E-state index contributed by atoms with van der Waals surface area (Å²) >= 11 is 15.2. The van der Waals surface area contributed by atoms with Gasteiger partial charge >= 0.3 is 0 Å². The van der Waals surface area contributed by atoms with Crippen LogP contribution in [0.2, 0.25) is 10.0 Å². The Hall–Kier alpha value is -1.80. The molecule has 0 radical (unpaired) electrons. The van der Waals surface area contributed by atoms with Crippen LogP contribution in [0, 0.1) is 0 Å². The fraction of sp³-hybridized carbons (Fsp3) is 0.167. The van der Waals surface area contributed by atoms with Gasteiger partial charge in [0.25, 0.3) is 5.91 Å². The van der Waals surface area contributed by atoms with Crippen LogP contribution in [0.3, 0.4) is 0 Å². The second kappa shape index (κ2) is 9.41. The molecule has 2 aromatic carbocycles. The van der Waals surface area contributed by atoms with Crippen molar-refractivity contribution >= 4 is 68.6 Å². The molecule has 5 nitrogen and oxygen atoms in total. The predicted molar refractivity (Wildman–Crippen MR) is 114 cm³/mol. The monoisotopic (exact) mass is 439 g/mol. The van der Waals surface area contributed by atoms with Gasteiger partial charge < -0.3 is 4.74 Å². The molecule has 0 aliphatic rings. The molecular formula is C18H15Cl2N3O2S2. The Labute approximate surface area is 174 Å². The first-order chi connectivity index (χ1) is 13.1. The highest BCUT2D eigenvalue weighted by molar-refractivity contribution is 8.01. The summed E-state index contributed by atoms with van der Waals surface area (Å²) < 4.78 is 7.32. The molecule has 1 heterocycles. The lowest BCUT2D eigenvalue weighted by atomic mass is 10.2. The van der Waals surface area contributed by atoms with Crippen molar-refractivity contribution in [1.29, 1.82) is 0 Å². The van der Waals surface area contributed by atoms with Crippen molar-refractivity contribution in [3.8, 4) is 5.75 Å². The minimum atomic E-state index is -0.223. The molecular weight excluding hydrogens is 425 g/mol. The summed E-state index contributed by atoms with van der Waals surface area (Å²) in [5.74, 6) is 0.440. The number of carbonyl (C=O) groups excluding carboxylic acids is 1. The number of para-hydroxylation sites is 1. The van der Waals surface area contributed by atoms with E-state index in [-0.39, 0.29) is 11.7 Å². The molecule has 0 aliphatic heterocycles. The lowest BCUT2D eigenvalue weighted by Crippen LogP contribution is -2.19. The number of hydrogen-bond donors (Lipinski definition) is 1. The highest BCUT2D eigenvalue weighted by Gasteiger charge is 2.09. The summed E-state index contributed by atoms with van der Waals surface area (Å²) in [6.45, 7) is 2.32. The zero-order valence-electron chi connectivity index (χ0n) is 14.2. The van der Waals surface area contributed by atoms with E-state index < -0.39 is 0 Å². The summed E-state index contributed by atoms with van der Waals surface area (Å²) in [5, 5.41) is 4.73. The number of nitrogens with one attached hydrogen (secondary N) is 1. The van der Waals surface area contributed by atoms with Gasteiger partial charge in [-0.05, 0) is 36.8 Å². The Morgan fingerprint density at radius 1 is 1.33 bits per heavy atom. The van der Waals surface area contributed by atoms with Crippen LogP contribution in [-0.4, -0.2) is 29.5 Å². The molecule has 1 N–H and O–H groups in total. The maximum atomic E-state index is 12.0. The molecule has 140 valence electrons. The van der Waals surface area contributed by atoms with E-state index >= 15 is 0 Å². The molecule has 0 saturated heterocycles. The van der Waals surface area contributed by atoms with Crippen molar-refractivity contribution < 1.29 is 9.53 Å². The van der Waals surface area contributed by atoms with Crippen LogP contribution < -0.4 is 10.2 Å². The number of benzene rings is 2. The number of thioether (sulfide) groups is 1. The topological polar surface area (TPSA) is 63.6 Å². The van der Waals surface area contributed by atoms with Crippen LogP contribution in [0.15, 0.2) is 45.8 Å². The zero-order chi connectivity index (χ0) is 19.2. The Balaban J connectivity index is 1.54. The summed E-state index contributed by atoms with van der Waals surface area (Å²) in [6, 6.07) is 11.2. The second-order valence-electron chi connectivity index (χ2n) is 5.28. The molecule has 0 aliphatic carbocycles. The van der Waals surface area contributed by atoms with Gasteiger partial charge in [-0.2, -0.15) is 5.10 Å². The van der Waals surface area contributed by atoms with Gasteiger partial charge in [-0.25, -0.2) is 10.4 Å². The van der Waals surface area contributed by atoms with Crippen LogP contribution in [0.5, 0.6) is 5.75 Å². The maximum absolute atomic E-state index is 12.0. The molecule has 0 unspecified atom stereocenters. The van der Waals surface area contributed by atoms with Crippen LogP contribution in [0.1, 0.15) is 12.5 Å². The normalized spacial score (nSPS) is 11.2. The van der Waals surface area contributed by atoms with E-state index in [2.05, 4.69) is 15.5 Å². The molecule has 9 heteroatoms. The number of ether oxygens (including phenoxy) is 1. The van der Waals surface area contributed by atoms with Crippen LogP contribution in [0.4, 0.5) is 0 Å². The predicted octanol–water partition coefficient (Wildman–Crippen LogP) is 5.24. The molecule has 0 saturated carbocycles. The SMILES string of the molecule is CCOc1c(Cl)cc(/C=N\NC(=O)CSc2nc3ccccc3s2)cc1Cl. The van der Waals surface area contributed by atoms with Crippen LogP contribution in [0.25, 0.3) is 10.2 Å². The van der Waals surface area contributed by atoms with E-state index in [0.717, 1.165) is 14.6 Å². The summed E-state index contributed by atoms with van der Waals surface area (Å²) in [4.78, 5) is 16.4. The van der Waals surface area contributed by atoms with E-state index in [1.165, 1.54) is 18.0 Å². The standard InChI is InChI=1S/C18H15Cl2N3O2S2/c1-2-25-17-12(19)7-11(8-13(17)20)9-21-23-16(24)10-26-18-22-14-5-3-4-6-15(14)27-18/h3-9H,2,10H2,1H3,(H,23,24)/b21-9-. The van der Waals surface area contributed by atoms with Gasteiger partial charge in [0.2, 0.25) is 0 Å². The number of fused-ring (bicyclic) bond motifs is 1. The zero-order valence-corrected chi connectivity index (χ0v) is 17.4. The van der Waals surface area contributed by atoms with Gasteiger partial charge in [-0.3, -0.25) is 4.79 Å². The summed E-state index contributed by atoms with van der Waals surface area (Å²) in [5.41, 5.74) is 4.08. The number of amides is 1. The van der Waals surface area contributed by atoms with Gasteiger partial charge in [-0.15, -0.1) is 11.3 Å². The van der Waals surface area contributed by atoms with Crippen molar-refractivity contribution in [2.75, 3.05) is 12.4 Å². The Morgan fingerprint density at radius 3 is 2.78 bits per heavy atom. The van der Waals surface area contributed by atoms with Gasteiger partial charge in [0.1, 0.15) is 0 Å². The number of aromatic nitrogens is 1. The molecule has 3 rings (SSSR count). The number of hydrazone groups is 1. The van der Waals surface area contributed by atoms with Crippen LogP contribution in [-0.2, 0) is 4.79 Å². The van der Waals surface area contributed by atoms with Crippen molar-refractivity contribution in [2.24, 2.45) is 5.10 Å². The number of rotatable bonds is 7. The number of halogens is 2. The lowest BCUT2D eigenvalue weighted by Gasteiger charge is -2.08. The number of nitrogens with zero attached hydrogens (tertiary/aromatic N) is 2. The number of carbonyl (C=O) groups is 1. The van der Waals surface area contributed by atoms with Gasteiger partial charge in [0.15, 0.2) is 10.1 Å². The molecule has 1 amide bonds. The highest BCUT2D eigenvalue weighted by Crippen LogP contribution is 2.33. The van der Waals surface area contributed by atoms with Gasteiger partial charge in [-0.1, -0.05) is 47.1 Å². The first kappa shape index (κ1) is 19.9. The average Bonchev–Trinajstić information content (AvgIpc) is 3.06. The van der Waals surface area contributed by atoms with E-state index in [1.54, 1.807) is 23.5 Å². The van der Waals surface area contributed by atoms with E-state index in [4.69, 9.17) is 27.9 Å². The largest absolute Gasteiger partial charge is 0.491 e. The second-order valence-corrected chi connectivity index (χ2v) is 8.34. The quantitative estimate of drug-likeness (QED) is 0.310.